The number of aromatic nitrogens is 2. The fourth-order valence-electron chi connectivity index (χ4n) is 1.51. The molecule has 2 aromatic rings. The Labute approximate surface area is 124 Å². The number of aliphatic hydroxyl groups excluding tert-OH is 1. The lowest BCUT2D eigenvalue weighted by Crippen LogP contribution is -2.10. The van der Waals surface area contributed by atoms with Gasteiger partial charge < -0.3 is 10.4 Å². The number of anilines is 2. The van der Waals surface area contributed by atoms with Gasteiger partial charge in [-0.2, -0.15) is 0 Å². The zero-order valence-corrected chi connectivity index (χ0v) is 12.7. The molecule has 0 radical (unpaired) electrons. The molecular formula is C12H12BrN3O3S. The smallest absolute Gasteiger partial charge is 0.227 e. The van der Waals surface area contributed by atoms with E-state index in [0.717, 1.165) is 4.47 Å². The number of nitrogens with one attached hydrogen (secondary N) is 1. The van der Waals surface area contributed by atoms with Crippen LogP contribution in [0.5, 0.6) is 0 Å². The molecule has 1 aromatic heterocycles. The first kappa shape index (κ1) is 14.9. The third-order valence-corrected chi connectivity index (χ3v) is 4.53. The molecule has 0 unspecified atom stereocenters. The summed E-state index contributed by atoms with van der Waals surface area (Å²) in [5.74, 6) is 0.0653. The Morgan fingerprint density at radius 1 is 1.25 bits per heavy atom. The summed E-state index contributed by atoms with van der Waals surface area (Å²) in [4.78, 5) is 8.23. The standard InChI is InChI=1S/C12H12BrN3O3S/c13-9-7-14-12(15-8-9)16-10-2-1-3-11(6-10)20(18,19)5-4-17/h1-3,6-8,17H,4-5H2,(H,14,15,16). The number of aliphatic hydroxyl groups is 1. The Morgan fingerprint density at radius 2 is 1.95 bits per heavy atom. The van der Waals surface area contributed by atoms with Gasteiger partial charge in [-0.05, 0) is 34.1 Å². The zero-order chi connectivity index (χ0) is 14.6. The molecule has 0 aliphatic carbocycles. The van der Waals surface area contributed by atoms with Crippen molar-refractivity contribution in [3.63, 3.8) is 0 Å². The lowest BCUT2D eigenvalue weighted by molar-refractivity contribution is 0.319. The molecule has 106 valence electrons. The molecule has 6 nitrogen and oxygen atoms in total. The van der Waals surface area contributed by atoms with Crippen LogP contribution < -0.4 is 5.32 Å². The van der Waals surface area contributed by atoms with Crippen LogP contribution in [-0.4, -0.2) is 35.9 Å². The predicted octanol–water partition coefficient (Wildman–Crippen LogP) is 1.75. The Balaban J connectivity index is 2.24. The first-order valence-electron chi connectivity index (χ1n) is 5.69. The van der Waals surface area contributed by atoms with E-state index in [-0.39, 0.29) is 10.6 Å². The summed E-state index contributed by atoms with van der Waals surface area (Å²) in [7, 11) is -3.47. The fraction of sp³-hybridized carbons (Fsp3) is 0.167. The Morgan fingerprint density at radius 3 is 2.60 bits per heavy atom. The van der Waals surface area contributed by atoms with Crippen molar-refractivity contribution in [2.45, 2.75) is 4.90 Å². The third-order valence-electron chi connectivity index (χ3n) is 2.43. The van der Waals surface area contributed by atoms with Crippen LogP contribution in [0.1, 0.15) is 0 Å². The van der Waals surface area contributed by atoms with Crippen molar-refractivity contribution in [3.8, 4) is 0 Å². The van der Waals surface area contributed by atoms with Gasteiger partial charge in [-0.3, -0.25) is 0 Å². The SMILES string of the molecule is O=S(=O)(CCO)c1cccc(Nc2ncc(Br)cn2)c1. The summed E-state index contributed by atoms with van der Waals surface area (Å²) >= 11 is 3.23. The maximum Gasteiger partial charge on any atom is 0.227 e. The van der Waals surface area contributed by atoms with E-state index in [4.69, 9.17) is 5.11 Å². The van der Waals surface area contributed by atoms with Gasteiger partial charge in [0.15, 0.2) is 9.84 Å². The second-order valence-corrected chi connectivity index (χ2v) is 6.95. The van der Waals surface area contributed by atoms with Crippen molar-refractivity contribution in [1.29, 1.82) is 0 Å². The van der Waals surface area contributed by atoms with E-state index in [1.165, 1.54) is 12.1 Å². The van der Waals surface area contributed by atoms with E-state index in [9.17, 15) is 8.42 Å². The molecule has 0 saturated carbocycles. The van der Waals surface area contributed by atoms with E-state index >= 15 is 0 Å². The first-order chi connectivity index (χ1) is 9.51. The van der Waals surface area contributed by atoms with Gasteiger partial charge >= 0.3 is 0 Å². The summed E-state index contributed by atoms with van der Waals surface area (Å²) in [5.41, 5.74) is 0.561. The number of hydrogen-bond donors (Lipinski definition) is 2. The van der Waals surface area contributed by atoms with Crippen LogP contribution in [0.15, 0.2) is 46.0 Å². The predicted molar refractivity (Wildman–Crippen MR) is 78.6 cm³/mol. The molecule has 2 rings (SSSR count). The quantitative estimate of drug-likeness (QED) is 0.846. The molecule has 0 spiro atoms. The van der Waals surface area contributed by atoms with Gasteiger partial charge in [0, 0.05) is 18.1 Å². The van der Waals surface area contributed by atoms with Crippen LogP contribution in [-0.2, 0) is 9.84 Å². The largest absolute Gasteiger partial charge is 0.395 e. The second-order valence-electron chi connectivity index (χ2n) is 3.92. The lowest BCUT2D eigenvalue weighted by Gasteiger charge is -2.07. The van der Waals surface area contributed by atoms with E-state index in [0.29, 0.717) is 11.6 Å². The fourth-order valence-corrected chi connectivity index (χ4v) is 2.78. The van der Waals surface area contributed by atoms with Gasteiger partial charge in [-0.25, -0.2) is 18.4 Å². The maximum atomic E-state index is 11.9. The van der Waals surface area contributed by atoms with Crippen molar-refractivity contribution >= 4 is 37.4 Å². The second kappa shape index (κ2) is 6.29. The zero-order valence-electron chi connectivity index (χ0n) is 10.3. The minimum Gasteiger partial charge on any atom is -0.395 e. The first-order valence-corrected chi connectivity index (χ1v) is 8.14. The molecule has 2 N–H and O–H groups in total. The topological polar surface area (TPSA) is 92.2 Å². The third kappa shape index (κ3) is 3.75. The summed E-state index contributed by atoms with van der Waals surface area (Å²) in [6, 6.07) is 6.30. The van der Waals surface area contributed by atoms with Crippen LogP contribution in [0.25, 0.3) is 0 Å². The lowest BCUT2D eigenvalue weighted by atomic mass is 10.3. The summed E-state index contributed by atoms with van der Waals surface area (Å²) < 4.78 is 24.5. The van der Waals surface area contributed by atoms with E-state index in [1.54, 1.807) is 24.5 Å². The van der Waals surface area contributed by atoms with E-state index < -0.39 is 16.4 Å². The molecule has 8 heteroatoms. The van der Waals surface area contributed by atoms with Crippen LogP contribution in [0, 0.1) is 0 Å². The average molecular weight is 358 g/mol. The summed E-state index contributed by atoms with van der Waals surface area (Å²) in [6.07, 6.45) is 3.17. The highest BCUT2D eigenvalue weighted by atomic mass is 79.9. The van der Waals surface area contributed by atoms with Crippen molar-refractivity contribution in [2.75, 3.05) is 17.7 Å². The average Bonchev–Trinajstić information content (AvgIpc) is 2.42. The number of benzene rings is 1. The molecule has 0 aliphatic rings. The molecule has 0 fully saturated rings. The molecule has 1 aromatic carbocycles. The Bertz CT molecular complexity index is 689. The van der Waals surface area contributed by atoms with Crippen molar-refractivity contribution in [3.05, 3.63) is 41.1 Å². The molecule has 1 heterocycles. The number of rotatable bonds is 5. The van der Waals surface area contributed by atoms with Gasteiger partial charge in [0.25, 0.3) is 0 Å². The van der Waals surface area contributed by atoms with Crippen molar-refractivity contribution in [1.82, 2.24) is 9.97 Å². The van der Waals surface area contributed by atoms with Crippen LogP contribution >= 0.6 is 15.9 Å². The Kier molecular flexibility index (Phi) is 4.69. The number of sulfone groups is 1. The summed E-state index contributed by atoms with van der Waals surface area (Å²) in [5, 5.41) is 11.7. The van der Waals surface area contributed by atoms with Gasteiger partial charge in [0.1, 0.15) is 0 Å². The molecular weight excluding hydrogens is 346 g/mol. The van der Waals surface area contributed by atoms with Gasteiger partial charge in [-0.1, -0.05) is 6.07 Å². The molecule has 0 atom stereocenters. The molecule has 0 bridgehead atoms. The van der Waals surface area contributed by atoms with Gasteiger partial charge in [0.05, 0.1) is 21.7 Å². The highest BCUT2D eigenvalue weighted by molar-refractivity contribution is 9.10. The molecule has 0 saturated heterocycles. The molecule has 0 aliphatic heterocycles. The Hall–Kier alpha value is -1.51. The normalized spacial score (nSPS) is 11.3. The van der Waals surface area contributed by atoms with Crippen LogP contribution in [0.4, 0.5) is 11.6 Å². The number of hydrogen-bond acceptors (Lipinski definition) is 6. The van der Waals surface area contributed by atoms with Gasteiger partial charge in [0.2, 0.25) is 5.95 Å². The van der Waals surface area contributed by atoms with Crippen molar-refractivity contribution in [2.24, 2.45) is 0 Å². The minimum atomic E-state index is -3.47. The highest BCUT2D eigenvalue weighted by Crippen LogP contribution is 2.19. The summed E-state index contributed by atoms with van der Waals surface area (Å²) in [6.45, 7) is -0.407. The van der Waals surface area contributed by atoms with E-state index in [1.807, 2.05) is 0 Å². The monoisotopic (exact) mass is 357 g/mol. The van der Waals surface area contributed by atoms with Crippen molar-refractivity contribution < 1.29 is 13.5 Å². The molecule has 20 heavy (non-hydrogen) atoms. The van der Waals surface area contributed by atoms with Gasteiger partial charge in [-0.15, -0.1) is 0 Å². The number of nitrogens with zero attached hydrogens (tertiary/aromatic N) is 2. The maximum absolute atomic E-state index is 11.9. The number of halogens is 1. The van der Waals surface area contributed by atoms with Crippen LogP contribution in [0.3, 0.4) is 0 Å². The minimum absolute atomic E-state index is 0.147. The molecule has 0 amide bonds. The van der Waals surface area contributed by atoms with E-state index in [2.05, 4.69) is 31.2 Å². The van der Waals surface area contributed by atoms with Crippen LogP contribution in [0.2, 0.25) is 0 Å². The highest BCUT2D eigenvalue weighted by Gasteiger charge is 2.14.